The minimum Gasteiger partial charge on any atom is -0.322 e. The van der Waals surface area contributed by atoms with Crippen LogP contribution in [0.2, 0.25) is 5.02 Å². The lowest BCUT2D eigenvalue weighted by molar-refractivity contribution is -0.117. The Bertz CT molecular complexity index is 922. The maximum atomic E-state index is 12.7. The summed E-state index contributed by atoms with van der Waals surface area (Å²) < 4.78 is 28.2. The van der Waals surface area contributed by atoms with Gasteiger partial charge in [-0.2, -0.15) is 10.2 Å². The van der Waals surface area contributed by atoms with Crippen molar-refractivity contribution in [3.63, 3.8) is 0 Å². The number of aromatic nitrogens is 4. The molecule has 0 saturated carbocycles. The quantitative estimate of drug-likeness (QED) is 0.710. The minimum atomic E-state index is -2.67. The zero-order valence-electron chi connectivity index (χ0n) is 13.9. The van der Waals surface area contributed by atoms with Crippen LogP contribution in [-0.4, -0.2) is 25.5 Å². The van der Waals surface area contributed by atoms with Crippen molar-refractivity contribution < 1.29 is 13.6 Å². The number of halogens is 3. The van der Waals surface area contributed by atoms with Crippen LogP contribution in [0.25, 0.3) is 0 Å². The van der Waals surface area contributed by atoms with Crippen molar-refractivity contribution in [2.45, 2.75) is 26.4 Å². The fourth-order valence-electron chi connectivity index (χ4n) is 2.45. The largest absolute Gasteiger partial charge is 0.322 e. The zero-order chi connectivity index (χ0) is 18.7. The van der Waals surface area contributed by atoms with Gasteiger partial charge in [0.2, 0.25) is 5.91 Å². The number of benzene rings is 1. The Morgan fingerprint density at radius 3 is 2.81 bits per heavy atom. The van der Waals surface area contributed by atoms with Gasteiger partial charge in [0.25, 0.3) is 6.43 Å². The SMILES string of the molecule is Cc1cc(C(F)F)nn1CC(=O)Nc1cnn(Cc2ccccc2Cl)c1. The molecular formula is C17H16ClF2N5O. The molecule has 9 heteroatoms. The summed E-state index contributed by atoms with van der Waals surface area (Å²) in [6.45, 7) is 1.92. The number of alkyl halides is 2. The average molecular weight is 380 g/mol. The van der Waals surface area contributed by atoms with Gasteiger partial charge in [-0.15, -0.1) is 0 Å². The van der Waals surface area contributed by atoms with Crippen LogP contribution in [-0.2, 0) is 17.9 Å². The van der Waals surface area contributed by atoms with E-state index in [4.69, 9.17) is 11.6 Å². The topological polar surface area (TPSA) is 64.7 Å². The molecule has 136 valence electrons. The lowest BCUT2D eigenvalue weighted by atomic mass is 10.2. The number of nitrogens with zero attached hydrogens (tertiary/aromatic N) is 4. The standard InChI is InChI=1S/C17H16ClF2N5O/c1-11-6-15(17(19)20)23-25(11)10-16(26)22-13-7-21-24(9-13)8-12-4-2-3-5-14(12)18/h2-7,9,17H,8,10H2,1H3,(H,22,26). The smallest absolute Gasteiger partial charge is 0.282 e. The first-order valence-corrected chi connectivity index (χ1v) is 8.18. The predicted octanol–water partition coefficient (Wildman–Crippen LogP) is 3.67. The van der Waals surface area contributed by atoms with E-state index >= 15 is 0 Å². The van der Waals surface area contributed by atoms with Gasteiger partial charge in [0.15, 0.2) is 0 Å². The highest BCUT2D eigenvalue weighted by atomic mass is 35.5. The van der Waals surface area contributed by atoms with Crippen LogP contribution in [0.15, 0.2) is 42.7 Å². The lowest BCUT2D eigenvalue weighted by Crippen LogP contribution is -2.20. The summed E-state index contributed by atoms with van der Waals surface area (Å²) in [5.74, 6) is -0.380. The highest BCUT2D eigenvalue weighted by Gasteiger charge is 2.15. The molecule has 1 aromatic carbocycles. The first-order valence-electron chi connectivity index (χ1n) is 7.80. The fourth-order valence-corrected chi connectivity index (χ4v) is 2.65. The molecule has 0 unspecified atom stereocenters. The Hall–Kier alpha value is -2.74. The fraction of sp³-hybridized carbons (Fsp3) is 0.235. The van der Waals surface area contributed by atoms with Crippen molar-refractivity contribution in [3.8, 4) is 0 Å². The minimum absolute atomic E-state index is 0.158. The van der Waals surface area contributed by atoms with Crippen LogP contribution in [0.1, 0.15) is 23.4 Å². The third-order valence-corrected chi connectivity index (χ3v) is 4.09. The number of carbonyl (C=O) groups is 1. The highest BCUT2D eigenvalue weighted by molar-refractivity contribution is 6.31. The molecule has 3 aromatic rings. The second kappa shape index (κ2) is 7.65. The van der Waals surface area contributed by atoms with E-state index in [1.165, 1.54) is 16.9 Å². The summed E-state index contributed by atoms with van der Waals surface area (Å²) in [5, 5.41) is 11.2. The second-order valence-corrected chi connectivity index (χ2v) is 6.14. The van der Waals surface area contributed by atoms with Gasteiger partial charge in [0.05, 0.1) is 18.4 Å². The molecule has 6 nitrogen and oxygen atoms in total. The summed E-state index contributed by atoms with van der Waals surface area (Å²) in [6.07, 6.45) is 0.512. The first kappa shape index (κ1) is 18.1. The molecule has 0 spiro atoms. The molecule has 2 heterocycles. The third kappa shape index (κ3) is 4.26. The van der Waals surface area contributed by atoms with E-state index in [2.05, 4.69) is 15.5 Å². The van der Waals surface area contributed by atoms with E-state index in [0.717, 1.165) is 5.56 Å². The Labute approximate surface area is 153 Å². The third-order valence-electron chi connectivity index (χ3n) is 3.72. The van der Waals surface area contributed by atoms with Crippen molar-refractivity contribution in [2.75, 3.05) is 5.32 Å². The number of anilines is 1. The Kier molecular flexibility index (Phi) is 5.32. The summed E-state index contributed by atoms with van der Waals surface area (Å²) in [4.78, 5) is 12.1. The van der Waals surface area contributed by atoms with Crippen molar-refractivity contribution >= 4 is 23.2 Å². The molecule has 0 bridgehead atoms. The maximum absolute atomic E-state index is 12.7. The normalized spacial score (nSPS) is 11.1. The number of carbonyl (C=O) groups excluding carboxylic acids is 1. The maximum Gasteiger partial charge on any atom is 0.282 e. The second-order valence-electron chi connectivity index (χ2n) is 5.74. The monoisotopic (exact) mass is 379 g/mol. The molecule has 0 aliphatic rings. The van der Waals surface area contributed by atoms with Gasteiger partial charge in [0.1, 0.15) is 12.2 Å². The molecule has 0 aliphatic heterocycles. The van der Waals surface area contributed by atoms with E-state index in [-0.39, 0.29) is 18.1 Å². The van der Waals surface area contributed by atoms with Crippen LogP contribution in [0.4, 0.5) is 14.5 Å². The van der Waals surface area contributed by atoms with Gasteiger partial charge in [-0.05, 0) is 24.6 Å². The molecule has 0 fully saturated rings. The molecule has 1 amide bonds. The molecule has 0 radical (unpaired) electrons. The van der Waals surface area contributed by atoms with E-state index in [0.29, 0.717) is 22.9 Å². The van der Waals surface area contributed by atoms with Gasteiger partial charge in [-0.3, -0.25) is 14.2 Å². The Morgan fingerprint density at radius 1 is 1.35 bits per heavy atom. The summed E-state index contributed by atoms with van der Waals surface area (Å²) in [6, 6.07) is 8.68. The molecular weight excluding hydrogens is 364 g/mol. The molecule has 2 aromatic heterocycles. The van der Waals surface area contributed by atoms with Crippen LogP contribution in [0.3, 0.4) is 0 Å². The van der Waals surface area contributed by atoms with Gasteiger partial charge in [-0.25, -0.2) is 8.78 Å². The van der Waals surface area contributed by atoms with Gasteiger partial charge >= 0.3 is 0 Å². The summed E-state index contributed by atoms with van der Waals surface area (Å²) in [5.41, 5.74) is 1.55. The van der Waals surface area contributed by atoms with Crippen LogP contribution in [0, 0.1) is 6.92 Å². The first-order chi connectivity index (χ1) is 12.4. The van der Waals surface area contributed by atoms with E-state index in [1.54, 1.807) is 23.9 Å². The summed E-state index contributed by atoms with van der Waals surface area (Å²) >= 11 is 6.12. The molecule has 3 rings (SSSR count). The number of aryl methyl sites for hydroxylation is 1. The molecule has 0 atom stereocenters. The molecule has 26 heavy (non-hydrogen) atoms. The molecule has 0 saturated heterocycles. The van der Waals surface area contributed by atoms with Crippen molar-refractivity contribution in [1.29, 1.82) is 0 Å². The summed E-state index contributed by atoms with van der Waals surface area (Å²) in [7, 11) is 0. The zero-order valence-corrected chi connectivity index (χ0v) is 14.6. The number of nitrogens with one attached hydrogen (secondary N) is 1. The molecule has 0 aliphatic carbocycles. The van der Waals surface area contributed by atoms with Crippen molar-refractivity contribution in [2.24, 2.45) is 0 Å². The Balaban J connectivity index is 1.62. The van der Waals surface area contributed by atoms with Crippen molar-refractivity contribution in [1.82, 2.24) is 19.6 Å². The van der Waals surface area contributed by atoms with E-state index < -0.39 is 6.43 Å². The highest BCUT2D eigenvalue weighted by Crippen LogP contribution is 2.18. The van der Waals surface area contributed by atoms with Crippen LogP contribution < -0.4 is 5.32 Å². The van der Waals surface area contributed by atoms with E-state index in [1.807, 2.05) is 18.2 Å². The van der Waals surface area contributed by atoms with Gasteiger partial charge in [0, 0.05) is 16.9 Å². The number of amides is 1. The average Bonchev–Trinajstić information content (AvgIpc) is 3.17. The number of hydrogen-bond donors (Lipinski definition) is 1. The van der Waals surface area contributed by atoms with Crippen LogP contribution >= 0.6 is 11.6 Å². The Morgan fingerprint density at radius 2 is 2.12 bits per heavy atom. The van der Waals surface area contributed by atoms with E-state index in [9.17, 15) is 13.6 Å². The van der Waals surface area contributed by atoms with Gasteiger partial charge < -0.3 is 5.32 Å². The molecule has 1 N–H and O–H groups in total. The van der Waals surface area contributed by atoms with Gasteiger partial charge in [-0.1, -0.05) is 29.8 Å². The van der Waals surface area contributed by atoms with Crippen molar-refractivity contribution in [3.05, 3.63) is 64.7 Å². The lowest BCUT2D eigenvalue weighted by Gasteiger charge is -2.05. The number of hydrogen-bond acceptors (Lipinski definition) is 3. The van der Waals surface area contributed by atoms with Crippen LogP contribution in [0.5, 0.6) is 0 Å². The predicted molar refractivity (Wildman–Crippen MR) is 93.3 cm³/mol. The number of rotatable bonds is 6.